The van der Waals surface area contributed by atoms with Gasteiger partial charge in [-0.05, 0) is 17.7 Å². The summed E-state index contributed by atoms with van der Waals surface area (Å²) in [5.41, 5.74) is 0.871. The van der Waals surface area contributed by atoms with E-state index in [2.05, 4.69) is 0 Å². The van der Waals surface area contributed by atoms with Crippen LogP contribution in [0.1, 0.15) is 18.9 Å². The number of aliphatic hydroxyl groups is 1. The molecule has 1 N–H and O–H groups in total. The smallest absolute Gasteiger partial charge is 0.307 e. The lowest BCUT2D eigenvalue weighted by Gasteiger charge is -2.11. The lowest BCUT2D eigenvalue weighted by molar-refractivity contribution is -0.166. The van der Waals surface area contributed by atoms with Gasteiger partial charge in [0.25, 0.3) is 0 Å². The zero-order valence-electron chi connectivity index (χ0n) is 8.44. The molecular weight excluding hydrogens is 216 g/mol. The predicted molar refractivity (Wildman–Crippen MR) is 57.5 cm³/mol. The summed E-state index contributed by atoms with van der Waals surface area (Å²) in [7, 11) is 0. The number of rotatable bonds is 4. The number of ether oxygens (including phenoxy) is 1. The van der Waals surface area contributed by atoms with Crippen LogP contribution in [-0.4, -0.2) is 17.4 Å². The number of benzene rings is 1. The SMILES string of the molecule is CCC(=O)O[C@@H](O)Cc1ccc(Cl)cc1. The topological polar surface area (TPSA) is 46.5 Å². The van der Waals surface area contributed by atoms with Crippen molar-refractivity contribution in [3.05, 3.63) is 34.9 Å². The Morgan fingerprint density at radius 3 is 2.60 bits per heavy atom. The van der Waals surface area contributed by atoms with Crippen LogP contribution in [0, 0.1) is 0 Å². The van der Waals surface area contributed by atoms with Crippen LogP contribution < -0.4 is 0 Å². The van der Waals surface area contributed by atoms with E-state index >= 15 is 0 Å². The minimum absolute atomic E-state index is 0.262. The molecule has 0 saturated heterocycles. The van der Waals surface area contributed by atoms with E-state index in [0.29, 0.717) is 5.02 Å². The summed E-state index contributed by atoms with van der Waals surface area (Å²) in [6.07, 6.45) is -0.542. The summed E-state index contributed by atoms with van der Waals surface area (Å²) in [5.74, 6) is -0.406. The summed E-state index contributed by atoms with van der Waals surface area (Å²) >= 11 is 5.71. The van der Waals surface area contributed by atoms with Gasteiger partial charge in [-0.15, -0.1) is 0 Å². The summed E-state index contributed by atoms with van der Waals surface area (Å²) in [4.78, 5) is 10.9. The molecule has 82 valence electrons. The zero-order valence-corrected chi connectivity index (χ0v) is 9.20. The van der Waals surface area contributed by atoms with Gasteiger partial charge in [-0.2, -0.15) is 0 Å². The van der Waals surface area contributed by atoms with Crippen molar-refractivity contribution in [3.8, 4) is 0 Å². The van der Waals surface area contributed by atoms with Crippen LogP contribution in [0.5, 0.6) is 0 Å². The highest BCUT2D eigenvalue weighted by Crippen LogP contribution is 2.11. The number of aliphatic hydroxyl groups excluding tert-OH is 1. The maximum Gasteiger partial charge on any atom is 0.307 e. The second-order valence-electron chi connectivity index (χ2n) is 3.13. The Bertz CT molecular complexity index is 321. The molecule has 0 fully saturated rings. The normalized spacial score (nSPS) is 12.2. The third kappa shape index (κ3) is 4.32. The molecule has 0 heterocycles. The molecule has 0 saturated carbocycles. The molecule has 4 heteroatoms. The first-order valence-electron chi connectivity index (χ1n) is 4.73. The molecule has 1 aromatic rings. The van der Waals surface area contributed by atoms with Crippen LogP contribution in [0.3, 0.4) is 0 Å². The van der Waals surface area contributed by atoms with E-state index in [-0.39, 0.29) is 12.8 Å². The van der Waals surface area contributed by atoms with Crippen molar-refractivity contribution in [2.45, 2.75) is 26.1 Å². The van der Waals surface area contributed by atoms with Gasteiger partial charge in [0.05, 0.1) is 0 Å². The molecule has 0 amide bonds. The Kier molecular flexibility index (Phi) is 4.59. The third-order valence-electron chi connectivity index (χ3n) is 1.88. The first kappa shape index (κ1) is 12.0. The molecule has 15 heavy (non-hydrogen) atoms. The predicted octanol–water partition coefficient (Wildman–Crippen LogP) is 2.15. The van der Waals surface area contributed by atoms with E-state index in [9.17, 15) is 9.90 Å². The molecule has 0 aliphatic rings. The van der Waals surface area contributed by atoms with E-state index in [1.54, 1.807) is 31.2 Å². The number of carbonyl (C=O) groups is 1. The fraction of sp³-hybridized carbons (Fsp3) is 0.364. The van der Waals surface area contributed by atoms with Crippen LogP contribution in [-0.2, 0) is 16.0 Å². The van der Waals surface area contributed by atoms with Crippen LogP contribution in [0.4, 0.5) is 0 Å². The molecule has 0 aliphatic heterocycles. The van der Waals surface area contributed by atoms with Gasteiger partial charge in [0.2, 0.25) is 6.29 Å². The summed E-state index contributed by atoms with van der Waals surface area (Å²) in [6.45, 7) is 1.68. The second kappa shape index (κ2) is 5.73. The van der Waals surface area contributed by atoms with Gasteiger partial charge in [0, 0.05) is 17.9 Å². The highest BCUT2D eigenvalue weighted by Gasteiger charge is 2.09. The van der Waals surface area contributed by atoms with Crippen LogP contribution in [0.25, 0.3) is 0 Å². The summed E-state index contributed by atoms with van der Waals surface area (Å²) in [5, 5.41) is 10.0. The van der Waals surface area contributed by atoms with Crippen molar-refractivity contribution in [3.63, 3.8) is 0 Å². The minimum Gasteiger partial charge on any atom is -0.436 e. The maximum atomic E-state index is 10.9. The first-order valence-corrected chi connectivity index (χ1v) is 5.11. The lowest BCUT2D eigenvalue weighted by Crippen LogP contribution is -2.19. The van der Waals surface area contributed by atoms with Crippen LogP contribution in [0.15, 0.2) is 24.3 Å². The van der Waals surface area contributed by atoms with Gasteiger partial charge in [-0.1, -0.05) is 30.7 Å². The zero-order chi connectivity index (χ0) is 11.3. The van der Waals surface area contributed by atoms with Crippen molar-refractivity contribution in [1.29, 1.82) is 0 Å². The molecule has 0 radical (unpaired) electrons. The van der Waals surface area contributed by atoms with E-state index in [1.807, 2.05) is 0 Å². The van der Waals surface area contributed by atoms with Crippen molar-refractivity contribution < 1.29 is 14.6 Å². The van der Waals surface area contributed by atoms with Gasteiger partial charge in [0.15, 0.2) is 0 Å². The number of halogens is 1. The monoisotopic (exact) mass is 228 g/mol. The molecule has 0 bridgehead atoms. The van der Waals surface area contributed by atoms with Crippen molar-refractivity contribution >= 4 is 17.6 Å². The van der Waals surface area contributed by atoms with Crippen molar-refractivity contribution in [1.82, 2.24) is 0 Å². The molecule has 0 unspecified atom stereocenters. The molecule has 0 aromatic heterocycles. The third-order valence-corrected chi connectivity index (χ3v) is 2.13. The second-order valence-corrected chi connectivity index (χ2v) is 3.57. The summed E-state index contributed by atoms with van der Waals surface area (Å²) in [6, 6.07) is 7.02. The quantitative estimate of drug-likeness (QED) is 0.635. The van der Waals surface area contributed by atoms with E-state index in [4.69, 9.17) is 16.3 Å². The van der Waals surface area contributed by atoms with Gasteiger partial charge in [-0.25, -0.2) is 0 Å². The van der Waals surface area contributed by atoms with Crippen LogP contribution >= 0.6 is 11.6 Å². The van der Waals surface area contributed by atoms with Crippen molar-refractivity contribution in [2.75, 3.05) is 0 Å². The van der Waals surface area contributed by atoms with Gasteiger partial charge < -0.3 is 9.84 Å². The highest BCUT2D eigenvalue weighted by molar-refractivity contribution is 6.30. The number of hydrogen-bond acceptors (Lipinski definition) is 3. The Morgan fingerprint density at radius 1 is 1.47 bits per heavy atom. The van der Waals surface area contributed by atoms with Gasteiger partial charge in [-0.3, -0.25) is 4.79 Å². The molecule has 0 aliphatic carbocycles. The molecule has 1 rings (SSSR count). The number of carbonyl (C=O) groups excluding carboxylic acids is 1. The maximum absolute atomic E-state index is 10.9. The average Bonchev–Trinajstić information content (AvgIpc) is 2.21. The number of esters is 1. The highest BCUT2D eigenvalue weighted by atomic mass is 35.5. The fourth-order valence-corrected chi connectivity index (χ4v) is 1.22. The molecule has 1 aromatic carbocycles. The molecule has 1 atom stereocenters. The Morgan fingerprint density at radius 2 is 2.07 bits per heavy atom. The fourth-order valence-electron chi connectivity index (χ4n) is 1.10. The van der Waals surface area contributed by atoms with Crippen LogP contribution in [0.2, 0.25) is 5.02 Å². The minimum atomic E-state index is -1.08. The van der Waals surface area contributed by atoms with Gasteiger partial charge in [0.1, 0.15) is 0 Å². The van der Waals surface area contributed by atoms with E-state index in [0.717, 1.165) is 5.56 Å². The Labute approximate surface area is 93.6 Å². The molecule has 0 spiro atoms. The lowest BCUT2D eigenvalue weighted by atomic mass is 10.1. The van der Waals surface area contributed by atoms with Crippen molar-refractivity contribution in [2.24, 2.45) is 0 Å². The van der Waals surface area contributed by atoms with E-state index in [1.165, 1.54) is 0 Å². The van der Waals surface area contributed by atoms with Gasteiger partial charge >= 0.3 is 5.97 Å². The Balaban J connectivity index is 2.47. The Hall–Kier alpha value is -1.06. The largest absolute Gasteiger partial charge is 0.436 e. The summed E-state index contributed by atoms with van der Waals surface area (Å²) < 4.78 is 4.72. The standard InChI is InChI=1S/C11H13ClO3/c1-2-10(13)15-11(14)7-8-3-5-9(12)6-4-8/h3-6,11,14H,2,7H2,1H3/t11-/m1/s1. The number of hydrogen-bond donors (Lipinski definition) is 1. The van der Waals surface area contributed by atoms with E-state index < -0.39 is 12.3 Å². The average molecular weight is 229 g/mol. The molecule has 3 nitrogen and oxygen atoms in total. The first-order chi connectivity index (χ1) is 7.11. The molecular formula is C11H13ClO3.